The van der Waals surface area contributed by atoms with E-state index in [9.17, 15) is 14.0 Å². The lowest BCUT2D eigenvalue weighted by Crippen LogP contribution is -2.17. The number of anilines is 1. The summed E-state index contributed by atoms with van der Waals surface area (Å²) in [6.45, 7) is 2.73. The number of carbonyl (C=O) groups is 2. The van der Waals surface area contributed by atoms with Gasteiger partial charge in [-0.15, -0.1) is 10.2 Å². The Balaban J connectivity index is 1.50. The van der Waals surface area contributed by atoms with Crippen molar-refractivity contribution in [1.29, 1.82) is 0 Å². The monoisotopic (exact) mass is 454 g/mol. The second kappa shape index (κ2) is 10.1. The summed E-state index contributed by atoms with van der Waals surface area (Å²) in [4.78, 5) is 23.8. The van der Waals surface area contributed by atoms with E-state index in [4.69, 9.17) is 4.74 Å². The summed E-state index contributed by atoms with van der Waals surface area (Å²) in [6, 6.07) is 12.9. The smallest absolute Gasteiger partial charge is 0.221 e. The first-order chi connectivity index (χ1) is 15.5. The molecule has 1 aliphatic heterocycles. The summed E-state index contributed by atoms with van der Waals surface area (Å²) >= 11 is 1.31. The van der Waals surface area contributed by atoms with E-state index in [0.717, 1.165) is 25.0 Å². The highest BCUT2D eigenvalue weighted by Crippen LogP contribution is 2.27. The minimum absolute atomic E-state index is 0.0561. The number of Topliss-reactive ketones (excluding diaryl/α,β-unsaturated/α-hetero) is 1. The fourth-order valence-electron chi connectivity index (χ4n) is 3.52. The molecular weight excluding hydrogens is 431 g/mol. The largest absolute Gasteiger partial charge is 0.376 e. The van der Waals surface area contributed by atoms with Gasteiger partial charge in [-0.1, -0.05) is 11.8 Å². The first-order valence-corrected chi connectivity index (χ1v) is 11.3. The molecule has 3 aromatic rings. The number of ether oxygens (including phenoxy) is 1. The maximum absolute atomic E-state index is 13.4. The van der Waals surface area contributed by atoms with E-state index >= 15 is 0 Å². The van der Waals surface area contributed by atoms with E-state index in [0.29, 0.717) is 28.8 Å². The van der Waals surface area contributed by atoms with Crippen LogP contribution in [-0.4, -0.2) is 44.9 Å². The first-order valence-electron chi connectivity index (χ1n) is 10.3. The number of carbonyl (C=O) groups excluding carboxylic acids is 2. The molecule has 1 aliphatic rings. The lowest BCUT2D eigenvalue weighted by molar-refractivity contribution is -0.114. The van der Waals surface area contributed by atoms with Gasteiger partial charge in [0, 0.05) is 30.3 Å². The molecule has 0 aliphatic carbocycles. The number of rotatable bonds is 8. The zero-order valence-electron chi connectivity index (χ0n) is 17.6. The van der Waals surface area contributed by atoms with Crippen LogP contribution in [0.2, 0.25) is 0 Å². The highest BCUT2D eigenvalue weighted by Gasteiger charge is 2.22. The van der Waals surface area contributed by atoms with Gasteiger partial charge in [0.05, 0.1) is 18.4 Å². The number of benzene rings is 2. The Morgan fingerprint density at radius 1 is 1.16 bits per heavy atom. The highest BCUT2D eigenvalue weighted by molar-refractivity contribution is 7.99. The van der Waals surface area contributed by atoms with Crippen LogP contribution in [0.5, 0.6) is 0 Å². The molecule has 0 radical (unpaired) electrons. The lowest BCUT2D eigenvalue weighted by Gasteiger charge is -2.14. The van der Waals surface area contributed by atoms with Crippen LogP contribution < -0.4 is 5.32 Å². The van der Waals surface area contributed by atoms with Crippen molar-refractivity contribution < 1.29 is 18.7 Å². The van der Waals surface area contributed by atoms with Gasteiger partial charge < -0.3 is 10.1 Å². The Morgan fingerprint density at radius 2 is 1.91 bits per heavy atom. The van der Waals surface area contributed by atoms with E-state index in [2.05, 4.69) is 15.5 Å². The van der Waals surface area contributed by atoms with Crippen LogP contribution in [0, 0.1) is 5.82 Å². The van der Waals surface area contributed by atoms with Gasteiger partial charge in [0.15, 0.2) is 16.8 Å². The third kappa shape index (κ3) is 5.41. The van der Waals surface area contributed by atoms with Gasteiger partial charge in [0.25, 0.3) is 0 Å². The molecule has 1 amide bonds. The van der Waals surface area contributed by atoms with Crippen LogP contribution in [0.3, 0.4) is 0 Å². The molecule has 9 heteroatoms. The van der Waals surface area contributed by atoms with E-state index in [-0.39, 0.29) is 29.4 Å². The van der Waals surface area contributed by atoms with Crippen LogP contribution in [0.4, 0.5) is 10.1 Å². The molecule has 2 aromatic carbocycles. The maximum Gasteiger partial charge on any atom is 0.221 e. The molecule has 4 rings (SSSR count). The molecule has 0 bridgehead atoms. The van der Waals surface area contributed by atoms with Crippen LogP contribution >= 0.6 is 11.8 Å². The number of halogens is 1. The normalized spacial score (nSPS) is 15.6. The third-order valence-electron chi connectivity index (χ3n) is 5.09. The van der Waals surface area contributed by atoms with Crippen molar-refractivity contribution in [3.63, 3.8) is 0 Å². The molecule has 2 heterocycles. The van der Waals surface area contributed by atoms with Crippen LogP contribution in [0.15, 0.2) is 53.7 Å². The molecule has 1 unspecified atom stereocenters. The molecule has 0 saturated carbocycles. The summed E-state index contributed by atoms with van der Waals surface area (Å²) < 4.78 is 21.1. The second-order valence-corrected chi connectivity index (χ2v) is 8.47. The number of amides is 1. The van der Waals surface area contributed by atoms with Crippen molar-refractivity contribution in [2.45, 2.75) is 37.6 Å². The van der Waals surface area contributed by atoms with Crippen molar-refractivity contribution in [1.82, 2.24) is 14.8 Å². The standard InChI is InChI=1S/C23H23FN4O3S/c1-15(29)25-19-10-6-16(7-11-19)21(30)14-32-23-27-26-22(17-4-8-18(24)9-5-17)28(23)13-20-3-2-12-31-20/h4-11,20H,2-3,12-14H2,1H3,(H,25,29). The Bertz CT molecular complexity index is 1090. The lowest BCUT2D eigenvalue weighted by atomic mass is 10.1. The van der Waals surface area contributed by atoms with Crippen LogP contribution in [-0.2, 0) is 16.1 Å². The molecule has 0 spiro atoms. The highest BCUT2D eigenvalue weighted by atomic mass is 32.2. The Labute approximate surface area is 189 Å². The number of nitrogens with zero attached hydrogens (tertiary/aromatic N) is 3. The fourth-order valence-corrected chi connectivity index (χ4v) is 4.36. The number of thioether (sulfide) groups is 1. The summed E-state index contributed by atoms with van der Waals surface area (Å²) in [7, 11) is 0. The maximum atomic E-state index is 13.4. The summed E-state index contributed by atoms with van der Waals surface area (Å²) in [5, 5.41) is 11.9. The molecule has 1 N–H and O–H groups in total. The van der Waals surface area contributed by atoms with Crippen molar-refractivity contribution in [2.24, 2.45) is 0 Å². The van der Waals surface area contributed by atoms with Gasteiger partial charge >= 0.3 is 0 Å². The molecule has 32 heavy (non-hydrogen) atoms. The van der Waals surface area contributed by atoms with Gasteiger partial charge in [-0.05, 0) is 61.4 Å². The van der Waals surface area contributed by atoms with Gasteiger partial charge in [0.2, 0.25) is 5.91 Å². The molecule has 166 valence electrons. The van der Waals surface area contributed by atoms with E-state index in [1.165, 1.54) is 30.8 Å². The molecule has 1 atom stereocenters. The average Bonchev–Trinajstić information content (AvgIpc) is 3.43. The first kappa shape index (κ1) is 22.2. The Hall–Kier alpha value is -3.04. The Kier molecular flexibility index (Phi) is 6.96. The van der Waals surface area contributed by atoms with Crippen molar-refractivity contribution in [3.05, 3.63) is 59.9 Å². The van der Waals surface area contributed by atoms with Gasteiger partial charge in [-0.25, -0.2) is 4.39 Å². The second-order valence-electron chi connectivity index (χ2n) is 7.53. The topological polar surface area (TPSA) is 86.1 Å². The van der Waals surface area contributed by atoms with Gasteiger partial charge in [0.1, 0.15) is 5.82 Å². The number of ketones is 1. The predicted molar refractivity (Wildman–Crippen MR) is 120 cm³/mol. The number of nitrogens with one attached hydrogen (secondary N) is 1. The van der Waals surface area contributed by atoms with Crippen molar-refractivity contribution in [3.8, 4) is 11.4 Å². The number of hydrogen-bond acceptors (Lipinski definition) is 6. The quantitative estimate of drug-likeness (QED) is 0.406. The Morgan fingerprint density at radius 3 is 2.56 bits per heavy atom. The minimum Gasteiger partial charge on any atom is -0.376 e. The van der Waals surface area contributed by atoms with E-state index in [1.807, 2.05) is 4.57 Å². The number of hydrogen-bond donors (Lipinski definition) is 1. The number of aromatic nitrogens is 3. The van der Waals surface area contributed by atoms with Crippen molar-refractivity contribution in [2.75, 3.05) is 17.7 Å². The van der Waals surface area contributed by atoms with Gasteiger partial charge in [-0.3, -0.25) is 14.2 Å². The van der Waals surface area contributed by atoms with Crippen LogP contribution in [0.1, 0.15) is 30.1 Å². The third-order valence-corrected chi connectivity index (χ3v) is 6.06. The minimum atomic E-state index is -0.316. The van der Waals surface area contributed by atoms with E-state index < -0.39 is 0 Å². The van der Waals surface area contributed by atoms with E-state index in [1.54, 1.807) is 36.4 Å². The van der Waals surface area contributed by atoms with Crippen molar-refractivity contribution >= 4 is 29.1 Å². The SMILES string of the molecule is CC(=O)Nc1ccc(C(=O)CSc2nnc(-c3ccc(F)cc3)n2CC2CCCO2)cc1. The fraction of sp³-hybridized carbons (Fsp3) is 0.304. The summed E-state index contributed by atoms with van der Waals surface area (Å²) in [6.07, 6.45) is 2.01. The zero-order chi connectivity index (χ0) is 22.5. The molecule has 7 nitrogen and oxygen atoms in total. The molecule has 1 fully saturated rings. The summed E-state index contributed by atoms with van der Waals surface area (Å²) in [5.41, 5.74) is 1.95. The average molecular weight is 455 g/mol. The van der Waals surface area contributed by atoms with Gasteiger partial charge in [-0.2, -0.15) is 0 Å². The predicted octanol–water partition coefficient (Wildman–Crippen LogP) is 4.20. The molecule has 1 aromatic heterocycles. The summed E-state index contributed by atoms with van der Waals surface area (Å²) in [5.74, 6) is 0.271. The molecule has 1 saturated heterocycles. The molecular formula is C23H23FN4O3S. The zero-order valence-corrected chi connectivity index (χ0v) is 18.4. The van der Waals surface area contributed by atoms with Crippen LogP contribution in [0.25, 0.3) is 11.4 Å².